The summed E-state index contributed by atoms with van der Waals surface area (Å²) >= 11 is 0. The lowest BCUT2D eigenvalue weighted by Crippen LogP contribution is -2.60. The quantitative estimate of drug-likeness (QED) is 0.742. The van der Waals surface area contributed by atoms with Crippen molar-refractivity contribution in [3.05, 3.63) is 34.1 Å². The number of aliphatic hydroxyl groups is 1. The summed E-state index contributed by atoms with van der Waals surface area (Å²) in [5, 5.41) is 20.5. The van der Waals surface area contributed by atoms with Gasteiger partial charge in [0.25, 0.3) is 0 Å². The number of fused-ring (bicyclic) bond motifs is 2. The van der Waals surface area contributed by atoms with Gasteiger partial charge in [-0.05, 0) is 39.3 Å². The molecule has 7 heteroatoms. The van der Waals surface area contributed by atoms with E-state index in [1.165, 1.54) is 27.0 Å². The topological polar surface area (TPSA) is 102 Å². The van der Waals surface area contributed by atoms with Gasteiger partial charge in [0.1, 0.15) is 28.8 Å². The lowest BCUT2D eigenvalue weighted by molar-refractivity contribution is -0.166. The van der Waals surface area contributed by atoms with E-state index in [2.05, 4.69) is 0 Å². The van der Waals surface area contributed by atoms with Gasteiger partial charge >= 0.3 is 5.97 Å². The predicted molar refractivity (Wildman–Crippen MR) is 86.5 cm³/mol. The zero-order valence-electron chi connectivity index (χ0n) is 14.7. The molecule has 3 rings (SSSR count). The summed E-state index contributed by atoms with van der Waals surface area (Å²) in [6.45, 7) is 6.23. The Morgan fingerprint density at radius 3 is 2.48 bits per heavy atom. The minimum absolute atomic E-state index is 0.0131. The second-order valence-electron chi connectivity index (χ2n) is 6.57. The number of phenols is 1. The Hall–Kier alpha value is -2.38. The Morgan fingerprint density at radius 1 is 1.24 bits per heavy atom. The molecule has 0 saturated carbocycles. The average molecular weight is 348 g/mol. The molecule has 25 heavy (non-hydrogen) atoms. The molecule has 0 radical (unpaired) electrons. The molecule has 2 N–H and O–H groups in total. The molecular weight excluding hydrogens is 328 g/mol. The number of hydrogen-bond donors (Lipinski definition) is 2. The highest BCUT2D eigenvalue weighted by Crippen LogP contribution is 2.44. The van der Waals surface area contributed by atoms with Crippen molar-refractivity contribution >= 4 is 11.8 Å². The van der Waals surface area contributed by atoms with Crippen LogP contribution in [0, 0.1) is 13.8 Å². The monoisotopic (exact) mass is 348 g/mol. The molecule has 7 nitrogen and oxygen atoms in total. The molecule has 1 heterocycles. The number of ether oxygens (including phenoxy) is 3. The highest BCUT2D eigenvalue weighted by Gasteiger charge is 2.56. The Bertz CT molecular complexity index is 823. The number of ketones is 1. The molecule has 1 aliphatic carbocycles. The third kappa shape index (κ3) is 2.26. The van der Waals surface area contributed by atoms with E-state index in [1.54, 1.807) is 13.8 Å². The van der Waals surface area contributed by atoms with Crippen molar-refractivity contribution in [3.63, 3.8) is 0 Å². The van der Waals surface area contributed by atoms with Crippen LogP contribution in [-0.2, 0) is 14.3 Å². The van der Waals surface area contributed by atoms with Crippen LogP contribution >= 0.6 is 0 Å². The number of rotatable bonds is 1. The van der Waals surface area contributed by atoms with Gasteiger partial charge in [0.2, 0.25) is 0 Å². The molecule has 134 valence electrons. The third-order valence-electron chi connectivity index (χ3n) is 5.07. The van der Waals surface area contributed by atoms with Crippen molar-refractivity contribution in [2.75, 3.05) is 7.11 Å². The SMILES string of the molecule is CO[C@]1(C)[C@@H]2Oc3c(C)c(O)cc(C)c3C(=O)OC2=C(C)C(=O)[C@@H]1O. The van der Waals surface area contributed by atoms with E-state index in [1.807, 2.05) is 0 Å². The first-order valence-corrected chi connectivity index (χ1v) is 7.83. The smallest absolute Gasteiger partial charge is 0.347 e. The number of aromatic hydroxyl groups is 1. The van der Waals surface area contributed by atoms with Gasteiger partial charge in [0.05, 0.1) is 0 Å². The van der Waals surface area contributed by atoms with Gasteiger partial charge in [0.15, 0.2) is 17.6 Å². The molecular formula is C18H20O7. The molecule has 0 spiro atoms. The Balaban J connectivity index is 2.30. The second-order valence-corrected chi connectivity index (χ2v) is 6.57. The zero-order valence-corrected chi connectivity index (χ0v) is 14.7. The van der Waals surface area contributed by atoms with Crippen LogP contribution in [-0.4, -0.2) is 46.9 Å². The van der Waals surface area contributed by atoms with Crippen LogP contribution in [0.4, 0.5) is 0 Å². The number of aryl methyl sites for hydroxylation is 1. The minimum Gasteiger partial charge on any atom is -0.508 e. The molecule has 1 aromatic carbocycles. The van der Waals surface area contributed by atoms with Crippen LogP contribution in [0.1, 0.15) is 35.3 Å². The van der Waals surface area contributed by atoms with E-state index in [-0.39, 0.29) is 28.4 Å². The predicted octanol–water partition coefficient (Wildman–Crippen LogP) is 1.55. The van der Waals surface area contributed by atoms with Crippen molar-refractivity contribution in [2.45, 2.75) is 45.5 Å². The van der Waals surface area contributed by atoms with Crippen LogP contribution in [0.5, 0.6) is 11.5 Å². The molecule has 0 aromatic heterocycles. The number of carbonyl (C=O) groups is 2. The van der Waals surface area contributed by atoms with Crippen molar-refractivity contribution in [2.24, 2.45) is 0 Å². The van der Waals surface area contributed by atoms with Gasteiger partial charge in [0, 0.05) is 18.2 Å². The fourth-order valence-electron chi connectivity index (χ4n) is 3.24. The molecule has 0 fully saturated rings. The number of carbonyl (C=O) groups excluding carboxylic acids is 2. The number of hydrogen-bond acceptors (Lipinski definition) is 7. The summed E-state index contributed by atoms with van der Waals surface area (Å²) < 4.78 is 16.9. The van der Waals surface area contributed by atoms with Crippen molar-refractivity contribution < 1.29 is 34.0 Å². The lowest BCUT2D eigenvalue weighted by atomic mass is 9.79. The molecule has 0 unspecified atom stereocenters. The van der Waals surface area contributed by atoms with Crippen molar-refractivity contribution in [3.8, 4) is 11.5 Å². The highest BCUT2D eigenvalue weighted by molar-refractivity contribution is 6.03. The maximum absolute atomic E-state index is 12.6. The van der Waals surface area contributed by atoms with Crippen molar-refractivity contribution in [1.82, 2.24) is 0 Å². The van der Waals surface area contributed by atoms with Gasteiger partial charge in [-0.25, -0.2) is 4.79 Å². The van der Waals surface area contributed by atoms with Gasteiger partial charge in [-0.1, -0.05) is 0 Å². The summed E-state index contributed by atoms with van der Waals surface area (Å²) in [5.41, 5.74) is -0.343. The summed E-state index contributed by atoms with van der Waals surface area (Å²) in [6, 6.07) is 1.45. The fourth-order valence-corrected chi connectivity index (χ4v) is 3.24. The van der Waals surface area contributed by atoms with E-state index in [0.717, 1.165) is 0 Å². The molecule has 0 saturated heterocycles. The van der Waals surface area contributed by atoms with Gasteiger partial charge in [-0.3, -0.25) is 4.79 Å². The second kappa shape index (κ2) is 5.57. The summed E-state index contributed by atoms with van der Waals surface area (Å²) in [6.07, 6.45) is -2.51. The normalized spacial score (nSPS) is 28.7. The van der Waals surface area contributed by atoms with E-state index in [4.69, 9.17) is 14.2 Å². The zero-order chi connectivity index (χ0) is 18.7. The van der Waals surface area contributed by atoms with E-state index >= 15 is 0 Å². The highest BCUT2D eigenvalue weighted by atomic mass is 16.6. The van der Waals surface area contributed by atoms with Gasteiger partial charge < -0.3 is 24.4 Å². The number of aliphatic hydroxyl groups excluding tert-OH is 1. The number of Topliss-reactive ketones (excluding diaryl/α,β-unsaturated/α-hetero) is 1. The number of methoxy groups -OCH3 is 1. The molecule has 3 atom stereocenters. The van der Waals surface area contributed by atoms with E-state index in [0.29, 0.717) is 11.1 Å². The summed E-state index contributed by atoms with van der Waals surface area (Å²) in [7, 11) is 1.34. The standard InChI is InChI=1S/C18H20O7/c1-7-6-10(19)8(2)13-11(7)17(22)25-14-9(3)12(20)15(21)18(4,23-5)16(14)24-13/h6,15-16,19,21H,1-5H3/t15-,16+,18-/m0/s1. The summed E-state index contributed by atoms with van der Waals surface area (Å²) in [4.78, 5) is 25.0. The lowest BCUT2D eigenvalue weighted by Gasteiger charge is -2.42. The van der Waals surface area contributed by atoms with Crippen LogP contribution in [0.2, 0.25) is 0 Å². The van der Waals surface area contributed by atoms with Crippen LogP contribution < -0.4 is 4.74 Å². The number of phenolic OH excluding ortho intramolecular Hbond substituents is 1. The Kier molecular flexibility index (Phi) is 3.89. The summed E-state index contributed by atoms with van der Waals surface area (Å²) in [5.74, 6) is -1.14. The number of benzene rings is 1. The molecule has 0 bridgehead atoms. The van der Waals surface area contributed by atoms with Crippen LogP contribution in [0.3, 0.4) is 0 Å². The fraction of sp³-hybridized carbons (Fsp3) is 0.444. The Labute approximate surface area is 144 Å². The molecule has 1 aromatic rings. The number of esters is 1. The minimum atomic E-state index is -1.48. The first-order chi connectivity index (χ1) is 11.6. The van der Waals surface area contributed by atoms with Crippen LogP contribution in [0.15, 0.2) is 17.4 Å². The molecule has 1 aliphatic heterocycles. The maximum Gasteiger partial charge on any atom is 0.347 e. The average Bonchev–Trinajstić information content (AvgIpc) is 2.73. The van der Waals surface area contributed by atoms with Gasteiger partial charge in [-0.15, -0.1) is 0 Å². The first kappa shape index (κ1) is 17.4. The molecule has 2 aliphatic rings. The van der Waals surface area contributed by atoms with E-state index < -0.39 is 29.6 Å². The molecule has 0 amide bonds. The maximum atomic E-state index is 12.6. The first-order valence-electron chi connectivity index (χ1n) is 7.83. The largest absolute Gasteiger partial charge is 0.508 e. The van der Waals surface area contributed by atoms with Gasteiger partial charge in [-0.2, -0.15) is 0 Å². The van der Waals surface area contributed by atoms with Crippen LogP contribution in [0.25, 0.3) is 0 Å². The Morgan fingerprint density at radius 2 is 1.88 bits per heavy atom. The van der Waals surface area contributed by atoms with E-state index in [9.17, 15) is 19.8 Å². The van der Waals surface area contributed by atoms with Crippen molar-refractivity contribution in [1.29, 1.82) is 0 Å². The third-order valence-corrected chi connectivity index (χ3v) is 5.07.